The summed E-state index contributed by atoms with van der Waals surface area (Å²) in [4.78, 5) is 3.39. The maximum atomic E-state index is 8.77. The van der Waals surface area contributed by atoms with Gasteiger partial charge in [0.15, 0.2) is 0 Å². The van der Waals surface area contributed by atoms with E-state index in [0.717, 1.165) is 25.0 Å². The summed E-state index contributed by atoms with van der Waals surface area (Å²) in [6, 6.07) is 8.33. The highest BCUT2D eigenvalue weighted by Gasteiger charge is 2.18. The Balaban J connectivity index is 2.20. The van der Waals surface area contributed by atoms with E-state index in [1.165, 1.54) is 22.2 Å². The van der Waals surface area contributed by atoms with Crippen LogP contribution in [0.15, 0.2) is 29.4 Å². The maximum Gasteiger partial charge on any atom is 0.0632 e. The van der Waals surface area contributed by atoms with Crippen molar-refractivity contribution in [1.29, 1.82) is 0 Å². The number of para-hydroxylation sites is 1. The van der Waals surface area contributed by atoms with Crippen molar-refractivity contribution < 1.29 is 5.21 Å². The summed E-state index contributed by atoms with van der Waals surface area (Å²) in [6.07, 6.45) is 2.59. The molecule has 76 valence electrons. The Kier molecular flexibility index (Phi) is 1.78. The van der Waals surface area contributed by atoms with Gasteiger partial charge in [-0.3, -0.25) is 0 Å². The van der Waals surface area contributed by atoms with Crippen molar-refractivity contribution in [2.24, 2.45) is 5.16 Å². The molecule has 1 aromatic carbocycles. The lowest BCUT2D eigenvalue weighted by Crippen LogP contribution is -2.12. The van der Waals surface area contributed by atoms with Gasteiger partial charge in [-0.05, 0) is 24.5 Å². The van der Waals surface area contributed by atoms with Crippen molar-refractivity contribution in [3.63, 3.8) is 0 Å². The van der Waals surface area contributed by atoms with Gasteiger partial charge in [0.05, 0.1) is 5.71 Å². The predicted molar refractivity (Wildman–Crippen MR) is 59.5 cm³/mol. The number of rotatable bonds is 0. The van der Waals surface area contributed by atoms with E-state index >= 15 is 0 Å². The summed E-state index contributed by atoms with van der Waals surface area (Å²) in [6.45, 7) is 0. The number of oxime groups is 1. The molecular formula is C12H12N2O. The molecule has 0 aliphatic heterocycles. The third-order valence-corrected chi connectivity index (χ3v) is 3.09. The Morgan fingerprint density at radius 1 is 1.20 bits per heavy atom. The molecule has 0 fully saturated rings. The van der Waals surface area contributed by atoms with Crippen molar-refractivity contribution in [3.8, 4) is 0 Å². The zero-order valence-corrected chi connectivity index (χ0v) is 8.33. The number of fused-ring (bicyclic) bond motifs is 3. The normalized spacial score (nSPS) is 18.3. The van der Waals surface area contributed by atoms with Crippen LogP contribution in [0.5, 0.6) is 0 Å². The second-order valence-electron chi connectivity index (χ2n) is 3.97. The molecule has 2 N–H and O–H groups in total. The number of hydrogen-bond donors (Lipinski definition) is 2. The van der Waals surface area contributed by atoms with Gasteiger partial charge in [-0.1, -0.05) is 23.4 Å². The van der Waals surface area contributed by atoms with Gasteiger partial charge in [-0.2, -0.15) is 0 Å². The molecule has 1 aromatic heterocycles. The summed E-state index contributed by atoms with van der Waals surface area (Å²) in [5.74, 6) is 0. The molecule has 3 rings (SSSR count). The molecule has 15 heavy (non-hydrogen) atoms. The molecule has 0 saturated heterocycles. The maximum absolute atomic E-state index is 8.77. The molecule has 1 heterocycles. The van der Waals surface area contributed by atoms with Crippen LogP contribution >= 0.6 is 0 Å². The van der Waals surface area contributed by atoms with Crippen LogP contribution < -0.4 is 0 Å². The van der Waals surface area contributed by atoms with Gasteiger partial charge in [0.2, 0.25) is 0 Å². The SMILES string of the molecule is O/N=C1\CCc2c([nH]c3ccccc23)C1. The van der Waals surface area contributed by atoms with Gasteiger partial charge in [0, 0.05) is 23.0 Å². The molecule has 0 amide bonds. The van der Waals surface area contributed by atoms with Crippen molar-refractivity contribution in [2.75, 3.05) is 0 Å². The van der Waals surface area contributed by atoms with Crippen LogP contribution in [0.3, 0.4) is 0 Å². The van der Waals surface area contributed by atoms with Crippen molar-refractivity contribution in [1.82, 2.24) is 4.98 Å². The summed E-state index contributed by atoms with van der Waals surface area (Å²) in [5.41, 5.74) is 4.64. The van der Waals surface area contributed by atoms with E-state index in [0.29, 0.717) is 0 Å². The number of aryl methyl sites for hydroxylation is 1. The fourth-order valence-electron chi connectivity index (χ4n) is 2.34. The predicted octanol–water partition coefficient (Wildman–Crippen LogP) is 2.49. The van der Waals surface area contributed by atoms with Crippen LogP contribution in [0.2, 0.25) is 0 Å². The van der Waals surface area contributed by atoms with Gasteiger partial charge >= 0.3 is 0 Å². The molecule has 0 unspecified atom stereocenters. The van der Waals surface area contributed by atoms with Crippen LogP contribution in [-0.2, 0) is 12.8 Å². The molecular weight excluding hydrogens is 188 g/mol. The number of nitrogens with zero attached hydrogens (tertiary/aromatic N) is 1. The number of aromatic amines is 1. The summed E-state index contributed by atoms with van der Waals surface area (Å²) in [5, 5.41) is 13.4. The second-order valence-corrected chi connectivity index (χ2v) is 3.97. The average Bonchev–Trinajstić information content (AvgIpc) is 2.66. The van der Waals surface area contributed by atoms with E-state index in [1.54, 1.807) is 0 Å². The first-order valence-electron chi connectivity index (χ1n) is 5.17. The first kappa shape index (κ1) is 8.53. The molecule has 0 saturated carbocycles. The smallest absolute Gasteiger partial charge is 0.0632 e. The molecule has 2 aromatic rings. The van der Waals surface area contributed by atoms with E-state index in [2.05, 4.69) is 28.3 Å². The van der Waals surface area contributed by atoms with Crippen LogP contribution in [0.4, 0.5) is 0 Å². The van der Waals surface area contributed by atoms with Crippen LogP contribution in [0.1, 0.15) is 17.7 Å². The van der Waals surface area contributed by atoms with E-state index in [1.807, 2.05) is 6.07 Å². The van der Waals surface area contributed by atoms with Gasteiger partial charge < -0.3 is 10.2 Å². The van der Waals surface area contributed by atoms with E-state index in [-0.39, 0.29) is 0 Å². The van der Waals surface area contributed by atoms with Crippen LogP contribution in [-0.4, -0.2) is 15.9 Å². The lowest BCUT2D eigenvalue weighted by atomic mass is 9.94. The number of nitrogens with one attached hydrogen (secondary N) is 1. The van der Waals surface area contributed by atoms with Crippen molar-refractivity contribution in [3.05, 3.63) is 35.5 Å². The minimum absolute atomic E-state index is 0.751. The van der Waals surface area contributed by atoms with E-state index in [9.17, 15) is 0 Å². The topological polar surface area (TPSA) is 48.4 Å². The first-order valence-corrected chi connectivity index (χ1v) is 5.17. The lowest BCUT2D eigenvalue weighted by Gasteiger charge is -2.12. The Labute approximate surface area is 87.4 Å². The lowest BCUT2D eigenvalue weighted by molar-refractivity contribution is 0.316. The zero-order chi connectivity index (χ0) is 10.3. The van der Waals surface area contributed by atoms with Crippen LogP contribution in [0, 0.1) is 0 Å². The number of hydrogen-bond acceptors (Lipinski definition) is 2. The van der Waals surface area contributed by atoms with Gasteiger partial charge in [-0.15, -0.1) is 0 Å². The van der Waals surface area contributed by atoms with Crippen LogP contribution in [0.25, 0.3) is 10.9 Å². The monoisotopic (exact) mass is 200 g/mol. The Hall–Kier alpha value is -1.77. The zero-order valence-electron chi connectivity index (χ0n) is 8.33. The van der Waals surface area contributed by atoms with Crippen molar-refractivity contribution in [2.45, 2.75) is 19.3 Å². The van der Waals surface area contributed by atoms with E-state index < -0.39 is 0 Å². The molecule has 0 atom stereocenters. The highest BCUT2D eigenvalue weighted by Crippen LogP contribution is 2.27. The molecule has 1 aliphatic carbocycles. The van der Waals surface area contributed by atoms with Gasteiger partial charge in [0.25, 0.3) is 0 Å². The number of H-pyrrole nitrogens is 1. The fraction of sp³-hybridized carbons (Fsp3) is 0.250. The highest BCUT2D eigenvalue weighted by atomic mass is 16.4. The number of aromatic nitrogens is 1. The third-order valence-electron chi connectivity index (χ3n) is 3.09. The average molecular weight is 200 g/mol. The fourth-order valence-corrected chi connectivity index (χ4v) is 2.34. The summed E-state index contributed by atoms with van der Waals surface area (Å²) in [7, 11) is 0. The van der Waals surface area contributed by atoms with Crippen molar-refractivity contribution >= 4 is 16.6 Å². The standard InChI is InChI=1S/C12H12N2O/c15-14-8-5-6-10-9-3-1-2-4-11(9)13-12(10)7-8/h1-4,13,15H,5-7H2/b14-8+. The molecule has 1 aliphatic rings. The minimum Gasteiger partial charge on any atom is -0.411 e. The molecule has 0 bridgehead atoms. The Morgan fingerprint density at radius 2 is 2.07 bits per heavy atom. The van der Waals surface area contributed by atoms with E-state index in [4.69, 9.17) is 5.21 Å². The molecule has 0 radical (unpaired) electrons. The molecule has 3 heteroatoms. The largest absolute Gasteiger partial charge is 0.411 e. The van der Waals surface area contributed by atoms with Gasteiger partial charge in [-0.25, -0.2) is 0 Å². The quantitative estimate of drug-likeness (QED) is 0.498. The Bertz CT molecular complexity index is 540. The minimum atomic E-state index is 0.751. The molecule has 0 spiro atoms. The highest BCUT2D eigenvalue weighted by molar-refractivity contribution is 5.93. The third kappa shape index (κ3) is 1.23. The number of benzene rings is 1. The molecule has 3 nitrogen and oxygen atoms in total. The summed E-state index contributed by atoms with van der Waals surface area (Å²) < 4.78 is 0. The second kappa shape index (κ2) is 3.12. The first-order chi connectivity index (χ1) is 7.38. The van der Waals surface area contributed by atoms with Gasteiger partial charge in [0.1, 0.15) is 0 Å². The summed E-state index contributed by atoms with van der Waals surface area (Å²) >= 11 is 0. The Morgan fingerprint density at radius 3 is 2.93 bits per heavy atom.